The van der Waals surface area contributed by atoms with E-state index in [-0.39, 0.29) is 0 Å². The molecule has 0 aliphatic rings. The Balaban J connectivity index is 2.95. The van der Waals surface area contributed by atoms with Crippen LogP contribution in [-0.4, -0.2) is 13.2 Å². The molecule has 0 radical (unpaired) electrons. The summed E-state index contributed by atoms with van der Waals surface area (Å²) in [6.07, 6.45) is 0. The Labute approximate surface area is 113 Å². The number of rotatable bonds is 6. The highest BCUT2D eigenvalue weighted by Crippen LogP contribution is 2.50. The van der Waals surface area contributed by atoms with E-state index in [1.165, 1.54) is 0 Å². The molecule has 0 heterocycles. The van der Waals surface area contributed by atoms with Gasteiger partial charge in [0.2, 0.25) is 0 Å². The molecule has 18 heavy (non-hydrogen) atoms. The maximum Gasteiger partial charge on any atom is 0.380 e. The first kappa shape index (κ1) is 15.1. The van der Waals surface area contributed by atoms with Crippen molar-refractivity contribution < 1.29 is 13.6 Å². The summed E-state index contributed by atoms with van der Waals surface area (Å²) >= 11 is 5.28. The number of nitrogens with zero attached hydrogens (tertiary/aromatic N) is 1. The monoisotopic (exact) mass is 285 g/mol. The predicted octanol–water partition coefficient (Wildman–Crippen LogP) is 3.54. The lowest BCUT2D eigenvalue weighted by molar-refractivity contribution is 0.217. The largest absolute Gasteiger partial charge is 0.424 e. The van der Waals surface area contributed by atoms with E-state index in [0.29, 0.717) is 24.5 Å². The third-order valence-electron chi connectivity index (χ3n) is 2.09. The van der Waals surface area contributed by atoms with Crippen LogP contribution >= 0.6 is 6.72 Å². The van der Waals surface area contributed by atoms with E-state index < -0.39 is 6.72 Å². The first-order chi connectivity index (χ1) is 8.54. The van der Waals surface area contributed by atoms with Gasteiger partial charge in [0.05, 0.1) is 24.8 Å². The Morgan fingerprint density at radius 3 is 2.33 bits per heavy atom. The lowest BCUT2D eigenvalue weighted by Crippen LogP contribution is -2.03. The Morgan fingerprint density at radius 2 is 1.89 bits per heavy atom. The third-order valence-corrected chi connectivity index (χ3v) is 4.51. The molecule has 0 unspecified atom stereocenters. The molecule has 0 aliphatic heterocycles. The molecule has 6 heteroatoms. The molecule has 0 aliphatic carbocycles. The van der Waals surface area contributed by atoms with E-state index in [1.54, 1.807) is 18.2 Å². The molecular formula is C12H16NO3PS. The number of hydrogen-bond acceptors (Lipinski definition) is 5. The lowest BCUT2D eigenvalue weighted by atomic mass is 10.1. The van der Waals surface area contributed by atoms with Crippen LogP contribution in [0.1, 0.15) is 25.0 Å². The van der Waals surface area contributed by atoms with Crippen LogP contribution in [0, 0.1) is 18.3 Å². The summed E-state index contributed by atoms with van der Waals surface area (Å²) in [6, 6.07) is 7.21. The van der Waals surface area contributed by atoms with Gasteiger partial charge in [0.1, 0.15) is 5.75 Å². The van der Waals surface area contributed by atoms with Crippen molar-refractivity contribution in [3.8, 4) is 11.8 Å². The standard InChI is InChI=1S/C12H16NO3PS/c1-4-14-17(18,15-5-2)16-12-7-6-11(9-13)8-10(12)3/h6-8H,4-5H2,1-3H3. The van der Waals surface area contributed by atoms with Crippen molar-refractivity contribution in [1.82, 2.24) is 0 Å². The molecule has 0 amide bonds. The topological polar surface area (TPSA) is 51.5 Å². The molecular weight excluding hydrogens is 269 g/mol. The zero-order valence-electron chi connectivity index (χ0n) is 10.7. The Kier molecular flexibility index (Phi) is 5.77. The highest BCUT2D eigenvalue weighted by atomic mass is 32.5. The van der Waals surface area contributed by atoms with E-state index >= 15 is 0 Å². The first-order valence-electron chi connectivity index (χ1n) is 5.64. The molecule has 1 aromatic rings. The van der Waals surface area contributed by atoms with E-state index in [4.69, 9.17) is 30.6 Å². The van der Waals surface area contributed by atoms with Crippen LogP contribution in [0.5, 0.6) is 5.75 Å². The van der Waals surface area contributed by atoms with Gasteiger partial charge in [0.25, 0.3) is 0 Å². The molecule has 1 rings (SSSR count). The normalized spacial score (nSPS) is 11.0. The average Bonchev–Trinajstić information content (AvgIpc) is 2.32. The smallest absolute Gasteiger partial charge is 0.380 e. The van der Waals surface area contributed by atoms with Gasteiger partial charge >= 0.3 is 6.72 Å². The molecule has 0 fully saturated rings. The summed E-state index contributed by atoms with van der Waals surface area (Å²) in [5, 5.41) is 8.80. The number of benzene rings is 1. The third kappa shape index (κ3) is 4.08. The van der Waals surface area contributed by atoms with Crippen molar-refractivity contribution in [1.29, 1.82) is 5.26 Å². The molecule has 0 atom stereocenters. The first-order valence-corrected chi connectivity index (χ1v) is 8.19. The van der Waals surface area contributed by atoms with Crippen molar-refractivity contribution >= 4 is 18.5 Å². The summed E-state index contributed by atoms with van der Waals surface area (Å²) in [7, 11) is 0. The molecule has 1 aromatic carbocycles. The fourth-order valence-electron chi connectivity index (χ4n) is 1.35. The Morgan fingerprint density at radius 1 is 1.28 bits per heavy atom. The second kappa shape index (κ2) is 6.86. The predicted molar refractivity (Wildman–Crippen MR) is 74.1 cm³/mol. The van der Waals surface area contributed by atoms with E-state index in [2.05, 4.69) is 6.07 Å². The highest BCUT2D eigenvalue weighted by Gasteiger charge is 2.22. The lowest BCUT2D eigenvalue weighted by Gasteiger charge is -2.22. The van der Waals surface area contributed by atoms with Crippen LogP contribution in [0.4, 0.5) is 0 Å². The second-order valence-electron chi connectivity index (χ2n) is 3.47. The molecule has 4 nitrogen and oxygen atoms in total. The highest BCUT2D eigenvalue weighted by molar-refractivity contribution is 8.07. The van der Waals surface area contributed by atoms with Crippen LogP contribution in [0.2, 0.25) is 0 Å². The van der Waals surface area contributed by atoms with Gasteiger partial charge in [-0.3, -0.25) is 9.05 Å². The van der Waals surface area contributed by atoms with Gasteiger partial charge in [-0.15, -0.1) is 0 Å². The zero-order chi connectivity index (χ0) is 13.6. The fourth-order valence-corrected chi connectivity index (χ4v) is 3.48. The summed E-state index contributed by atoms with van der Waals surface area (Å²) in [5.74, 6) is 0.597. The average molecular weight is 285 g/mol. The molecule has 0 saturated carbocycles. The van der Waals surface area contributed by atoms with Gasteiger partial charge in [0.15, 0.2) is 0 Å². The van der Waals surface area contributed by atoms with Gasteiger partial charge in [-0.2, -0.15) is 5.26 Å². The number of hydrogen-bond donors (Lipinski definition) is 0. The summed E-state index contributed by atoms with van der Waals surface area (Å²) in [4.78, 5) is 0. The molecule has 0 bridgehead atoms. The Hall–Kier alpha value is -0.920. The summed E-state index contributed by atoms with van der Waals surface area (Å²) < 4.78 is 16.5. The van der Waals surface area contributed by atoms with Crippen molar-refractivity contribution in [2.45, 2.75) is 20.8 Å². The maximum atomic E-state index is 8.80. The van der Waals surface area contributed by atoms with Crippen molar-refractivity contribution in [2.75, 3.05) is 13.2 Å². The number of aryl methyl sites for hydroxylation is 1. The van der Waals surface area contributed by atoms with Gasteiger partial charge in [0, 0.05) is 11.8 Å². The van der Waals surface area contributed by atoms with E-state index in [1.807, 2.05) is 20.8 Å². The molecule has 0 saturated heterocycles. The minimum Gasteiger partial charge on any atom is -0.424 e. The fraction of sp³-hybridized carbons (Fsp3) is 0.417. The van der Waals surface area contributed by atoms with Crippen molar-refractivity contribution in [3.05, 3.63) is 29.3 Å². The van der Waals surface area contributed by atoms with Crippen LogP contribution in [0.15, 0.2) is 18.2 Å². The molecule has 0 N–H and O–H groups in total. The van der Waals surface area contributed by atoms with Gasteiger partial charge < -0.3 is 4.52 Å². The number of nitriles is 1. The minimum absolute atomic E-state index is 0.437. The van der Waals surface area contributed by atoms with E-state index in [9.17, 15) is 0 Å². The Bertz CT molecular complexity index is 489. The molecule has 0 aromatic heterocycles. The minimum atomic E-state index is -2.74. The molecule has 98 valence electrons. The van der Waals surface area contributed by atoms with Gasteiger partial charge in [-0.25, -0.2) is 0 Å². The van der Waals surface area contributed by atoms with Crippen molar-refractivity contribution in [2.24, 2.45) is 0 Å². The quantitative estimate of drug-likeness (QED) is 0.748. The van der Waals surface area contributed by atoms with Gasteiger partial charge in [-0.1, -0.05) is 0 Å². The maximum absolute atomic E-state index is 8.80. The zero-order valence-corrected chi connectivity index (χ0v) is 12.4. The summed E-state index contributed by atoms with van der Waals surface area (Å²) in [5.41, 5.74) is 1.42. The van der Waals surface area contributed by atoms with E-state index in [0.717, 1.165) is 5.56 Å². The second-order valence-corrected chi connectivity index (χ2v) is 6.40. The SMILES string of the molecule is CCOP(=S)(OCC)Oc1ccc(C#N)cc1C. The van der Waals surface area contributed by atoms with Crippen molar-refractivity contribution in [3.63, 3.8) is 0 Å². The van der Waals surface area contributed by atoms with Gasteiger partial charge in [-0.05, 0) is 44.5 Å². The van der Waals surface area contributed by atoms with Crippen LogP contribution in [-0.2, 0) is 20.9 Å². The molecule has 0 spiro atoms. The summed E-state index contributed by atoms with van der Waals surface area (Å²) in [6.45, 7) is 3.67. The van der Waals surface area contributed by atoms with Crippen LogP contribution in [0.25, 0.3) is 0 Å². The van der Waals surface area contributed by atoms with Crippen LogP contribution < -0.4 is 4.52 Å². The van der Waals surface area contributed by atoms with Crippen LogP contribution in [0.3, 0.4) is 0 Å².